The zero-order valence-electron chi connectivity index (χ0n) is 19.9. The highest BCUT2D eigenvalue weighted by molar-refractivity contribution is 7.11. The van der Waals surface area contributed by atoms with Crippen LogP contribution in [0.25, 0.3) is 16.8 Å². The van der Waals surface area contributed by atoms with Gasteiger partial charge in [-0.3, -0.25) is 0 Å². The number of hydrogen-bond acceptors (Lipinski definition) is 6. The molecule has 5 rings (SSSR count). The summed E-state index contributed by atoms with van der Waals surface area (Å²) in [4.78, 5) is 10.2. The smallest absolute Gasteiger partial charge is 0.165 e. The minimum Gasteiger partial charge on any atom is -0.497 e. The van der Waals surface area contributed by atoms with Crippen molar-refractivity contribution >= 4 is 22.8 Å². The van der Waals surface area contributed by atoms with Gasteiger partial charge in [-0.1, -0.05) is 13.0 Å². The van der Waals surface area contributed by atoms with Crippen LogP contribution in [0.1, 0.15) is 45.6 Å². The van der Waals surface area contributed by atoms with Crippen molar-refractivity contribution in [1.82, 2.24) is 14.6 Å². The average Bonchev–Trinajstić information content (AvgIpc) is 3.50. The third-order valence-corrected chi connectivity index (χ3v) is 7.21. The Labute approximate surface area is 198 Å². The van der Waals surface area contributed by atoms with Crippen LogP contribution in [0, 0.1) is 20.8 Å². The van der Waals surface area contributed by atoms with Crippen LogP contribution in [0.2, 0.25) is 0 Å². The van der Waals surface area contributed by atoms with E-state index in [0.29, 0.717) is 13.2 Å². The van der Waals surface area contributed by atoms with Gasteiger partial charge in [-0.25, -0.2) is 4.98 Å². The van der Waals surface area contributed by atoms with Gasteiger partial charge < -0.3 is 14.4 Å². The van der Waals surface area contributed by atoms with Crippen molar-refractivity contribution in [2.24, 2.45) is 0 Å². The van der Waals surface area contributed by atoms with Crippen LogP contribution in [-0.4, -0.2) is 28.3 Å². The van der Waals surface area contributed by atoms with Crippen LogP contribution in [0.3, 0.4) is 0 Å². The van der Waals surface area contributed by atoms with Crippen LogP contribution < -0.4 is 9.64 Å². The second-order valence-corrected chi connectivity index (χ2v) is 10.0. The first-order chi connectivity index (χ1) is 16.0. The van der Waals surface area contributed by atoms with E-state index >= 15 is 0 Å². The highest BCUT2D eigenvalue weighted by atomic mass is 32.1. The Morgan fingerprint density at radius 2 is 2.00 bits per heavy atom. The first-order valence-corrected chi connectivity index (χ1v) is 12.3. The van der Waals surface area contributed by atoms with Crippen molar-refractivity contribution < 1.29 is 9.47 Å². The summed E-state index contributed by atoms with van der Waals surface area (Å²) in [6, 6.07) is 10.6. The Balaban J connectivity index is 1.71. The van der Waals surface area contributed by atoms with Gasteiger partial charge in [0.2, 0.25) is 0 Å². The molecule has 1 aromatic carbocycles. The molecule has 0 spiro atoms. The fourth-order valence-corrected chi connectivity index (χ4v) is 5.61. The van der Waals surface area contributed by atoms with Gasteiger partial charge in [-0.2, -0.15) is 9.61 Å². The number of thiophene rings is 1. The molecule has 1 aliphatic heterocycles. The molecule has 4 heterocycles. The molecule has 0 amide bonds. The number of anilines is 1. The summed E-state index contributed by atoms with van der Waals surface area (Å²) >= 11 is 1.86. The molecule has 6 nitrogen and oxygen atoms in total. The fraction of sp³-hybridized carbons (Fsp3) is 0.385. The maximum atomic E-state index is 5.86. The number of nitrogens with zero attached hydrogens (tertiary/aromatic N) is 4. The number of fused-ring (bicyclic) bond motifs is 2. The lowest BCUT2D eigenvalue weighted by molar-refractivity contribution is 0.133. The van der Waals surface area contributed by atoms with E-state index in [4.69, 9.17) is 19.6 Å². The molecule has 0 fully saturated rings. The highest BCUT2D eigenvalue weighted by Gasteiger charge is 2.28. The van der Waals surface area contributed by atoms with Crippen molar-refractivity contribution in [3.8, 4) is 16.9 Å². The molecule has 4 aromatic rings. The zero-order valence-corrected chi connectivity index (χ0v) is 20.8. The number of rotatable bonds is 7. The van der Waals surface area contributed by atoms with Gasteiger partial charge in [-0.05, 0) is 62.6 Å². The summed E-state index contributed by atoms with van der Waals surface area (Å²) < 4.78 is 13.3. The van der Waals surface area contributed by atoms with E-state index in [1.807, 2.05) is 17.4 Å². The molecule has 172 valence electrons. The molecular formula is C26H30N4O2S. The number of methoxy groups -OCH3 is 1. The van der Waals surface area contributed by atoms with Gasteiger partial charge >= 0.3 is 0 Å². The summed E-state index contributed by atoms with van der Waals surface area (Å²) in [6.45, 7) is 11.5. The van der Waals surface area contributed by atoms with Gasteiger partial charge in [0.15, 0.2) is 5.65 Å². The van der Waals surface area contributed by atoms with E-state index < -0.39 is 0 Å². The van der Waals surface area contributed by atoms with Crippen LogP contribution in [0.5, 0.6) is 5.75 Å². The van der Waals surface area contributed by atoms with Crippen LogP contribution in [-0.2, 0) is 24.5 Å². The monoisotopic (exact) mass is 462 g/mol. The molecule has 0 atom stereocenters. The number of hydrogen-bond donors (Lipinski definition) is 0. The molecular weight excluding hydrogens is 432 g/mol. The molecule has 3 aromatic heterocycles. The molecule has 0 radical (unpaired) electrons. The van der Waals surface area contributed by atoms with Gasteiger partial charge in [0.1, 0.15) is 11.6 Å². The lowest BCUT2D eigenvalue weighted by atomic mass is 10.0. The van der Waals surface area contributed by atoms with Gasteiger partial charge in [-0.15, -0.1) is 11.3 Å². The molecule has 33 heavy (non-hydrogen) atoms. The third-order valence-electron chi connectivity index (χ3n) is 6.22. The van der Waals surface area contributed by atoms with Gasteiger partial charge in [0, 0.05) is 27.4 Å². The quantitative estimate of drug-likeness (QED) is 0.345. The molecule has 0 saturated carbocycles. The maximum absolute atomic E-state index is 5.86. The Bertz CT molecular complexity index is 1320. The predicted octanol–water partition coefficient (Wildman–Crippen LogP) is 5.84. The van der Waals surface area contributed by atoms with Crippen molar-refractivity contribution in [2.75, 3.05) is 18.6 Å². The SMILES string of the molecule is CCCN(Cc1ccc(C)s1)c1c2c(nc3c(-c4ccc(OC)cc4C)c(C)nn13)COC2. The van der Waals surface area contributed by atoms with Crippen molar-refractivity contribution in [1.29, 1.82) is 0 Å². The summed E-state index contributed by atoms with van der Waals surface area (Å²) in [5, 5.41) is 5.03. The van der Waals surface area contributed by atoms with E-state index in [2.05, 4.69) is 61.4 Å². The maximum Gasteiger partial charge on any atom is 0.165 e. The first-order valence-electron chi connectivity index (χ1n) is 11.4. The fourth-order valence-electron chi connectivity index (χ4n) is 4.71. The average molecular weight is 463 g/mol. The lowest BCUT2D eigenvalue weighted by Gasteiger charge is -2.26. The second-order valence-electron chi connectivity index (χ2n) is 8.66. The molecule has 0 unspecified atom stereocenters. The molecule has 7 heteroatoms. The topological polar surface area (TPSA) is 51.9 Å². The van der Waals surface area contributed by atoms with Crippen LogP contribution in [0.4, 0.5) is 5.82 Å². The largest absolute Gasteiger partial charge is 0.497 e. The Kier molecular flexibility index (Phi) is 5.85. The van der Waals surface area contributed by atoms with E-state index in [0.717, 1.165) is 70.4 Å². The molecule has 0 aliphatic carbocycles. The normalized spacial score (nSPS) is 13.0. The van der Waals surface area contributed by atoms with Crippen molar-refractivity contribution in [3.63, 3.8) is 0 Å². The van der Waals surface area contributed by atoms with Gasteiger partial charge in [0.25, 0.3) is 0 Å². The van der Waals surface area contributed by atoms with Crippen LogP contribution >= 0.6 is 11.3 Å². The summed E-state index contributed by atoms with van der Waals surface area (Å²) in [5.74, 6) is 1.97. The summed E-state index contributed by atoms with van der Waals surface area (Å²) in [5.41, 5.74) is 7.41. The Hall–Kier alpha value is -2.90. The first kappa shape index (κ1) is 21.9. The van der Waals surface area contributed by atoms with Crippen molar-refractivity contribution in [2.45, 2.75) is 53.9 Å². The van der Waals surface area contributed by atoms with Crippen LogP contribution in [0.15, 0.2) is 30.3 Å². The van der Waals surface area contributed by atoms with E-state index in [1.165, 1.54) is 9.75 Å². The molecule has 0 bridgehead atoms. The molecule has 0 saturated heterocycles. The van der Waals surface area contributed by atoms with Gasteiger partial charge in [0.05, 0.1) is 38.3 Å². The van der Waals surface area contributed by atoms with E-state index in [-0.39, 0.29) is 0 Å². The molecule has 0 N–H and O–H groups in total. The van der Waals surface area contributed by atoms with E-state index in [9.17, 15) is 0 Å². The third kappa shape index (κ3) is 3.89. The Morgan fingerprint density at radius 3 is 2.70 bits per heavy atom. The lowest BCUT2D eigenvalue weighted by Crippen LogP contribution is -2.27. The standard InChI is InChI=1S/C26H30N4O2S/c1-6-11-29(13-20-9-7-17(3)33-20)26-22-14-32-15-23(22)27-25-24(18(4)28-30(25)26)21-10-8-19(31-5)12-16(21)2/h7-10,12H,6,11,13-15H2,1-5H3. The Morgan fingerprint density at radius 1 is 1.15 bits per heavy atom. The number of aromatic nitrogens is 3. The van der Waals surface area contributed by atoms with Crippen molar-refractivity contribution in [3.05, 3.63) is 62.6 Å². The number of ether oxygens (including phenoxy) is 2. The van der Waals surface area contributed by atoms with E-state index in [1.54, 1.807) is 7.11 Å². The zero-order chi connectivity index (χ0) is 23.1. The summed E-state index contributed by atoms with van der Waals surface area (Å²) in [7, 11) is 1.70. The minimum absolute atomic E-state index is 0.544. The number of benzene rings is 1. The minimum atomic E-state index is 0.544. The highest BCUT2D eigenvalue weighted by Crippen LogP contribution is 2.37. The number of aryl methyl sites for hydroxylation is 3. The molecule has 1 aliphatic rings. The second kappa shape index (κ2) is 8.80. The summed E-state index contributed by atoms with van der Waals surface area (Å²) in [6.07, 6.45) is 1.05. The predicted molar refractivity (Wildman–Crippen MR) is 133 cm³/mol.